The summed E-state index contributed by atoms with van der Waals surface area (Å²) in [6.07, 6.45) is -10.6. The van der Waals surface area contributed by atoms with Crippen molar-refractivity contribution in [3.8, 4) is 22.5 Å². The molecule has 324 valence electrons. The van der Waals surface area contributed by atoms with Crippen LogP contribution in [0.4, 0.5) is 26.3 Å². The van der Waals surface area contributed by atoms with Gasteiger partial charge in [-0.25, -0.2) is 0 Å². The van der Waals surface area contributed by atoms with Crippen molar-refractivity contribution in [1.82, 2.24) is 19.6 Å². The fourth-order valence-electron chi connectivity index (χ4n) is 8.34. The molecule has 2 aliphatic carbocycles. The maximum atomic E-state index is 15.0. The third-order valence-electron chi connectivity index (χ3n) is 11.3. The summed E-state index contributed by atoms with van der Waals surface area (Å²) in [5.41, 5.74) is 4.98. The second-order valence-corrected chi connectivity index (χ2v) is 21.2. The molecule has 6 aromatic rings. The van der Waals surface area contributed by atoms with Gasteiger partial charge in [0.25, 0.3) is 0 Å². The monoisotopic (exact) mass is 924 g/mol. The Hall–Kier alpha value is -4.34. The Balaban J connectivity index is 1.04. The zero-order chi connectivity index (χ0) is 43.8. The highest BCUT2D eigenvalue weighted by Gasteiger charge is 2.47. The number of aromatic nitrogens is 4. The number of unbranched alkanes of at least 4 members (excludes halogenated alkanes) is 2. The molecule has 4 aromatic heterocycles. The SMILES string of the molecule is Cc1ccc(Cn2nc(C(CCCCCC(c3nn(Cc4ccc(C)cc4)c4c3Cc3sc(S(=O)(=O)O)cc3-4)C(F)(F)F)C(F)(F)F)c3c2-c2cc(S(=O)(=O)O)sc2C3)cc1. The summed E-state index contributed by atoms with van der Waals surface area (Å²) in [6, 6.07) is 17.1. The lowest BCUT2D eigenvalue weighted by Crippen LogP contribution is -2.23. The van der Waals surface area contributed by atoms with E-state index in [0.29, 0.717) is 43.4 Å². The summed E-state index contributed by atoms with van der Waals surface area (Å²) in [5.74, 6) is -4.11. The first-order chi connectivity index (χ1) is 28.6. The van der Waals surface area contributed by atoms with Crippen LogP contribution < -0.4 is 0 Å². The van der Waals surface area contributed by atoms with E-state index in [-0.39, 0.29) is 65.0 Å². The number of nitrogens with zero attached hydrogens (tertiary/aromatic N) is 4. The van der Waals surface area contributed by atoms with E-state index in [9.17, 15) is 52.3 Å². The summed E-state index contributed by atoms with van der Waals surface area (Å²) >= 11 is 1.56. The summed E-state index contributed by atoms with van der Waals surface area (Å²) in [7, 11) is -9.14. The first kappa shape index (κ1) is 43.3. The molecular formula is C41H38F6N4O6S4. The molecule has 0 radical (unpaired) electrons. The molecule has 2 unspecified atom stereocenters. The van der Waals surface area contributed by atoms with E-state index in [2.05, 4.69) is 10.2 Å². The van der Waals surface area contributed by atoms with Crippen molar-refractivity contribution in [3.05, 3.63) is 115 Å². The van der Waals surface area contributed by atoms with Gasteiger partial charge in [-0.1, -0.05) is 78.9 Å². The van der Waals surface area contributed by atoms with Crippen LogP contribution in [-0.4, -0.2) is 57.9 Å². The number of halogens is 6. The minimum atomic E-state index is -4.76. The molecule has 2 N–H and O–H groups in total. The average Bonchev–Trinajstić information content (AvgIpc) is 3.98. The van der Waals surface area contributed by atoms with Gasteiger partial charge in [-0.05, 0) is 49.9 Å². The minimum absolute atomic E-state index is 0.0292. The predicted molar refractivity (Wildman–Crippen MR) is 218 cm³/mol. The summed E-state index contributed by atoms with van der Waals surface area (Å²) in [4.78, 5) is 0.944. The summed E-state index contributed by atoms with van der Waals surface area (Å²) < 4.78 is 159. The van der Waals surface area contributed by atoms with Gasteiger partial charge in [-0.2, -0.15) is 53.4 Å². The number of hydrogen-bond donors (Lipinski definition) is 2. The van der Waals surface area contributed by atoms with Gasteiger partial charge in [-0.15, -0.1) is 22.7 Å². The highest BCUT2D eigenvalue weighted by atomic mass is 32.3. The van der Waals surface area contributed by atoms with Gasteiger partial charge >= 0.3 is 32.6 Å². The lowest BCUT2D eigenvalue weighted by Gasteiger charge is -2.21. The van der Waals surface area contributed by atoms with Crippen molar-refractivity contribution in [1.29, 1.82) is 0 Å². The number of aryl methyl sites for hydroxylation is 2. The number of fused-ring (bicyclic) bond motifs is 6. The third kappa shape index (κ3) is 8.71. The van der Waals surface area contributed by atoms with Crippen LogP contribution in [0.2, 0.25) is 0 Å². The maximum absolute atomic E-state index is 15.0. The minimum Gasteiger partial charge on any atom is -0.281 e. The van der Waals surface area contributed by atoms with Crippen LogP contribution in [0.5, 0.6) is 0 Å². The van der Waals surface area contributed by atoms with Gasteiger partial charge in [0.05, 0.1) is 47.7 Å². The van der Waals surface area contributed by atoms with Crippen LogP contribution in [0, 0.1) is 13.8 Å². The van der Waals surface area contributed by atoms with Crippen LogP contribution in [-0.2, 0) is 46.2 Å². The second kappa shape index (κ2) is 15.8. The topological polar surface area (TPSA) is 144 Å². The highest BCUT2D eigenvalue weighted by Crippen LogP contribution is 2.51. The molecule has 61 heavy (non-hydrogen) atoms. The van der Waals surface area contributed by atoms with Gasteiger partial charge in [0.15, 0.2) is 0 Å². The maximum Gasteiger partial charge on any atom is 0.397 e. The first-order valence-electron chi connectivity index (χ1n) is 19.2. The van der Waals surface area contributed by atoms with E-state index in [1.165, 1.54) is 21.5 Å². The van der Waals surface area contributed by atoms with E-state index in [1.807, 2.05) is 62.4 Å². The number of thiophene rings is 2. The van der Waals surface area contributed by atoms with Gasteiger partial charge in [0.1, 0.15) is 8.42 Å². The Labute approximate surface area is 355 Å². The van der Waals surface area contributed by atoms with Crippen molar-refractivity contribution in [3.63, 3.8) is 0 Å². The molecule has 0 fully saturated rings. The zero-order valence-electron chi connectivity index (χ0n) is 32.5. The van der Waals surface area contributed by atoms with Crippen LogP contribution in [0.3, 0.4) is 0 Å². The first-order valence-corrected chi connectivity index (χ1v) is 23.7. The fourth-order valence-corrected chi connectivity index (χ4v) is 12.1. The summed E-state index contributed by atoms with van der Waals surface area (Å²) in [5, 5.41) is 8.94. The molecule has 8 rings (SSSR count). The van der Waals surface area contributed by atoms with Crippen molar-refractivity contribution in [2.75, 3.05) is 0 Å². The number of rotatable bonds is 14. The largest absolute Gasteiger partial charge is 0.397 e. The van der Waals surface area contributed by atoms with Gasteiger partial charge in [0, 0.05) is 44.8 Å². The smallest absolute Gasteiger partial charge is 0.281 e. The van der Waals surface area contributed by atoms with Crippen LogP contribution in [0.1, 0.15) is 98.5 Å². The van der Waals surface area contributed by atoms with Crippen molar-refractivity contribution >= 4 is 42.9 Å². The van der Waals surface area contributed by atoms with Crippen LogP contribution >= 0.6 is 22.7 Å². The fraction of sp³-hybridized carbons (Fsp3) is 0.366. The molecule has 2 aromatic carbocycles. The molecule has 0 amide bonds. The van der Waals surface area contributed by atoms with E-state index in [0.717, 1.165) is 44.9 Å². The third-order valence-corrected chi connectivity index (χ3v) is 16.1. The standard InChI is InChI=1S/C41H38F6N4O6S4/c1-22-8-12-24(13-9-22)20-50-38-26-18-34(60(52,53)54)58-32(26)16-28(38)36(48-50)30(40(42,43)44)6-4-3-5-7-31(41(45,46)47)37-29-17-33-27(19-35(59-33)61(55,56)57)39(29)51(49-37)21-25-14-10-23(2)11-15-25/h8-15,18-19,30-31H,3-7,16-17,20-21H2,1-2H3,(H,52,53,54)(H,55,56,57). The molecular weight excluding hydrogens is 887 g/mol. The molecule has 10 nitrogen and oxygen atoms in total. The Morgan fingerprint density at radius 2 is 0.984 bits per heavy atom. The Bertz CT molecular complexity index is 2660. The van der Waals surface area contributed by atoms with Crippen molar-refractivity contribution < 1.29 is 52.3 Å². The lowest BCUT2D eigenvalue weighted by molar-refractivity contribution is -0.153. The molecule has 2 aliphatic rings. The van der Waals surface area contributed by atoms with Crippen LogP contribution in [0.15, 0.2) is 69.1 Å². The molecule has 2 atom stereocenters. The average molecular weight is 925 g/mol. The van der Waals surface area contributed by atoms with Gasteiger partial charge < -0.3 is 0 Å². The number of hydrogen-bond acceptors (Lipinski definition) is 8. The normalized spacial score (nSPS) is 14.9. The highest BCUT2D eigenvalue weighted by molar-refractivity contribution is 7.88. The second-order valence-electron chi connectivity index (χ2n) is 15.6. The van der Waals surface area contributed by atoms with Crippen molar-refractivity contribution in [2.45, 2.75) is 104 Å². The molecule has 0 saturated heterocycles. The Morgan fingerprint density at radius 1 is 0.623 bits per heavy atom. The molecule has 20 heteroatoms. The Kier molecular flexibility index (Phi) is 11.2. The van der Waals surface area contributed by atoms with E-state index >= 15 is 0 Å². The Morgan fingerprint density at radius 3 is 1.31 bits per heavy atom. The lowest BCUT2D eigenvalue weighted by atomic mass is 9.91. The molecule has 0 spiro atoms. The quantitative estimate of drug-likeness (QED) is 0.0623. The van der Waals surface area contributed by atoms with Crippen LogP contribution in [0.25, 0.3) is 22.5 Å². The predicted octanol–water partition coefficient (Wildman–Crippen LogP) is 10.5. The van der Waals surface area contributed by atoms with Gasteiger partial charge in [0.2, 0.25) is 0 Å². The van der Waals surface area contributed by atoms with Gasteiger partial charge in [-0.3, -0.25) is 18.5 Å². The molecule has 0 aliphatic heterocycles. The van der Waals surface area contributed by atoms with E-state index < -0.39 is 57.3 Å². The van der Waals surface area contributed by atoms with E-state index in [1.54, 1.807) is 0 Å². The molecule has 4 heterocycles. The number of benzene rings is 2. The molecule has 0 bridgehead atoms. The molecule has 0 saturated carbocycles. The van der Waals surface area contributed by atoms with E-state index in [4.69, 9.17) is 0 Å². The summed E-state index contributed by atoms with van der Waals surface area (Å²) in [6.45, 7) is 3.94. The number of alkyl halides is 6. The zero-order valence-corrected chi connectivity index (χ0v) is 35.8. The van der Waals surface area contributed by atoms with Crippen molar-refractivity contribution in [2.24, 2.45) is 0 Å².